The van der Waals surface area contributed by atoms with Crippen LogP contribution in [0.5, 0.6) is 0 Å². The Morgan fingerprint density at radius 1 is 0.437 bits per heavy atom. The molecule has 6 atom stereocenters. The molecule has 2 aromatic carbocycles. The van der Waals surface area contributed by atoms with Crippen molar-refractivity contribution in [3.05, 3.63) is 49.1 Å². The van der Waals surface area contributed by atoms with Crippen molar-refractivity contribution in [2.75, 3.05) is 116 Å². The fourth-order valence-corrected chi connectivity index (χ4v) is 12.4. The molecular formula is C40H54Br6N6O19. The van der Waals surface area contributed by atoms with E-state index in [2.05, 4.69) is 106 Å². The van der Waals surface area contributed by atoms with Crippen molar-refractivity contribution >= 4 is 142 Å². The van der Waals surface area contributed by atoms with Crippen LogP contribution in [0.25, 0.3) is 0 Å². The molecule has 2 rings (SSSR count). The Balaban J connectivity index is 2.85. The van der Waals surface area contributed by atoms with Gasteiger partial charge in [0.1, 0.15) is 13.2 Å². The van der Waals surface area contributed by atoms with Crippen LogP contribution in [-0.2, 0) is 14.3 Å². The molecular weight excluding hydrogens is 1350 g/mol. The second-order valence-corrected chi connectivity index (χ2v) is 20.2. The Morgan fingerprint density at radius 3 is 0.986 bits per heavy atom. The monoisotopic (exact) mass is 1400 g/mol. The van der Waals surface area contributed by atoms with E-state index in [0.29, 0.717) is 0 Å². The summed E-state index contributed by atoms with van der Waals surface area (Å²) in [5, 5.41) is 123. The summed E-state index contributed by atoms with van der Waals surface area (Å²) in [6.07, 6.45) is -9.07. The van der Waals surface area contributed by atoms with E-state index in [0.717, 1.165) is 19.6 Å². The van der Waals surface area contributed by atoms with Crippen LogP contribution in [0.3, 0.4) is 0 Å². The summed E-state index contributed by atoms with van der Waals surface area (Å²) in [7, 11) is 2.50. The molecule has 0 fully saturated rings. The fourth-order valence-electron chi connectivity index (χ4n) is 6.13. The molecule has 71 heavy (non-hydrogen) atoms. The normalized spacial score (nSPS) is 13.9. The van der Waals surface area contributed by atoms with Gasteiger partial charge in [-0.05, 0) is 95.6 Å². The van der Waals surface area contributed by atoms with Gasteiger partial charge in [-0.3, -0.25) is 28.8 Å². The van der Waals surface area contributed by atoms with Gasteiger partial charge in [0, 0.05) is 49.2 Å². The molecule has 0 aliphatic carbocycles. The third-order valence-corrected chi connectivity index (χ3v) is 14.4. The molecule has 2 aromatic rings. The van der Waals surface area contributed by atoms with Crippen LogP contribution in [-0.4, -0.2) is 249 Å². The Kier molecular flexibility index (Phi) is 28.1. The molecule has 400 valence electrons. The molecule has 0 aliphatic rings. The number of benzene rings is 2. The minimum Gasteiger partial charge on any atom is -0.394 e. The van der Waals surface area contributed by atoms with Gasteiger partial charge in [-0.15, -0.1) is 0 Å². The lowest BCUT2D eigenvalue weighted by Crippen LogP contribution is -2.44. The SMILES string of the molecule is CN(CC(O)CO)C(=O)c1c(Br)c(C(=O)NCC(O)CO)c(Br)c(N(CC(O)CO)C(=O)COCC(=O)N(CC(O)CO)c2c(Br)c(C(=O)NCC(O)CO)c(Br)c(C(=O)N(C)CC(O)CO)c2Br)c1Br. The van der Waals surface area contributed by atoms with Gasteiger partial charge >= 0.3 is 0 Å². The zero-order valence-electron chi connectivity index (χ0n) is 37.6. The molecule has 0 saturated carbocycles. The Bertz CT molecular complexity index is 2070. The van der Waals surface area contributed by atoms with Gasteiger partial charge in [0.15, 0.2) is 0 Å². The van der Waals surface area contributed by atoms with Gasteiger partial charge in [0.05, 0.1) is 141 Å². The lowest BCUT2D eigenvalue weighted by atomic mass is 10.1. The minimum atomic E-state index is -1.70. The molecule has 0 saturated heterocycles. The van der Waals surface area contributed by atoms with Crippen LogP contribution < -0.4 is 20.4 Å². The zero-order valence-corrected chi connectivity index (χ0v) is 47.2. The van der Waals surface area contributed by atoms with Gasteiger partial charge in [-0.25, -0.2) is 0 Å². The average molecular weight is 1400 g/mol. The van der Waals surface area contributed by atoms with E-state index in [4.69, 9.17) is 4.74 Å². The number of likely N-dealkylation sites (N-methyl/N-ethyl adjacent to an activating group) is 2. The number of anilines is 2. The minimum absolute atomic E-state index is 0.207. The number of carbonyl (C=O) groups excluding carboxylic acids is 6. The number of ether oxygens (including phenoxy) is 1. The van der Waals surface area contributed by atoms with Crippen LogP contribution in [0.4, 0.5) is 11.4 Å². The summed E-state index contributed by atoms with van der Waals surface area (Å²) < 4.78 is 4.24. The van der Waals surface area contributed by atoms with Gasteiger partial charge < -0.3 is 96.2 Å². The van der Waals surface area contributed by atoms with Crippen LogP contribution in [0.2, 0.25) is 0 Å². The number of nitrogens with zero attached hydrogens (tertiary/aromatic N) is 4. The summed E-state index contributed by atoms with van der Waals surface area (Å²) in [5.41, 5.74) is -2.15. The van der Waals surface area contributed by atoms with E-state index in [1.165, 1.54) is 14.1 Å². The van der Waals surface area contributed by atoms with Gasteiger partial charge in [0.2, 0.25) is 0 Å². The van der Waals surface area contributed by atoms with Crippen molar-refractivity contribution in [2.24, 2.45) is 0 Å². The maximum absolute atomic E-state index is 14.3. The first-order chi connectivity index (χ1) is 33.3. The summed E-state index contributed by atoms with van der Waals surface area (Å²) in [4.78, 5) is 87.6. The predicted molar refractivity (Wildman–Crippen MR) is 272 cm³/mol. The van der Waals surface area contributed by atoms with Crippen LogP contribution in [0.1, 0.15) is 41.4 Å². The molecule has 0 bridgehead atoms. The maximum Gasteiger partial charge on any atom is 0.256 e. The van der Waals surface area contributed by atoms with Crippen molar-refractivity contribution in [1.82, 2.24) is 20.4 Å². The first-order valence-electron chi connectivity index (χ1n) is 20.7. The number of rotatable bonds is 28. The second kappa shape index (κ2) is 30.9. The number of aliphatic hydroxyl groups is 12. The molecule has 6 amide bonds. The summed E-state index contributed by atoms with van der Waals surface area (Å²) >= 11 is 19.7. The lowest BCUT2D eigenvalue weighted by molar-refractivity contribution is -0.128. The van der Waals surface area contributed by atoms with E-state index in [1.54, 1.807) is 0 Å². The number of hydrogen-bond acceptors (Lipinski definition) is 19. The lowest BCUT2D eigenvalue weighted by Gasteiger charge is -2.31. The van der Waals surface area contributed by atoms with Crippen molar-refractivity contribution in [3.8, 4) is 0 Å². The average Bonchev–Trinajstić information content (AvgIpc) is 3.33. The Morgan fingerprint density at radius 2 is 0.704 bits per heavy atom. The number of nitrogens with one attached hydrogen (secondary N) is 2. The number of aliphatic hydroxyl groups excluding tert-OH is 12. The van der Waals surface area contributed by atoms with Crippen molar-refractivity contribution < 1.29 is 94.8 Å². The van der Waals surface area contributed by atoms with Crippen LogP contribution in [0.15, 0.2) is 26.8 Å². The van der Waals surface area contributed by atoms with E-state index in [1.807, 2.05) is 0 Å². The van der Waals surface area contributed by atoms with Crippen LogP contribution in [0, 0.1) is 0 Å². The highest BCUT2D eigenvalue weighted by Gasteiger charge is 2.37. The van der Waals surface area contributed by atoms with Gasteiger partial charge in [0.25, 0.3) is 35.4 Å². The first kappa shape index (κ1) is 64.7. The topological polar surface area (TPSA) is 391 Å². The highest BCUT2D eigenvalue weighted by Crippen LogP contribution is 2.46. The van der Waals surface area contributed by atoms with E-state index < -0.39 is 164 Å². The smallest absolute Gasteiger partial charge is 0.256 e. The zero-order chi connectivity index (χ0) is 54.2. The predicted octanol–water partition coefficient (Wildman–Crippen LogP) is -2.63. The van der Waals surface area contributed by atoms with Crippen molar-refractivity contribution in [2.45, 2.75) is 36.6 Å². The second-order valence-electron chi connectivity index (χ2n) is 15.4. The fraction of sp³-hybridized carbons (Fsp3) is 0.550. The highest BCUT2D eigenvalue weighted by atomic mass is 79.9. The Labute approximate surface area is 456 Å². The van der Waals surface area contributed by atoms with Gasteiger partial charge in [-0.1, -0.05) is 0 Å². The number of halogens is 6. The molecule has 0 radical (unpaired) electrons. The molecule has 0 aromatic heterocycles. The van der Waals surface area contributed by atoms with E-state index >= 15 is 0 Å². The first-order valence-corrected chi connectivity index (χ1v) is 25.5. The van der Waals surface area contributed by atoms with Gasteiger partial charge in [-0.2, -0.15) is 0 Å². The third kappa shape index (κ3) is 17.3. The third-order valence-electron chi connectivity index (χ3n) is 9.77. The molecule has 14 N–H and O–H groups in total. The van der Waals surface area contributed by atoms with Crippen molar-refractivity contribution in [1.29, 1.82) is 0 Å². The molecule has 31 heteroatoms. The molecule has 6 unspecified atom stereocenters. The largest absolute Gasteiger partial charge is 0.394 e. The number of hydrogen-bond donors (Lipinski definition) is 14. The standard InChI is InChI=1S/C40H54Br6N6O19/c1-49(5-19(61)11-55)39(69)27-29(41)25(37(67)47-3-17(59)9-53)31(43)35(33(27)45)51(7-21(63)13-57)23(65)15-71-16-24(66)52(8-22(64)14-58)36-32(44)26(38(68)48-4-18(60)10-54)30(42)28(34(36)46)40(70)50(2)6-20(62)12-56/h17-22,53-64H,3-16H2,1-2H3,(H,47,67)(H,48,68). The number of amides is 6. The summed E-state index contributed by atoms with van der Waals surface area (Å²) in [6, 6.07) is 0. The highest BCUT2D eigenvalue weighted by molar-refractivity contribution is 9.12. The summed E-state index contributed by atoms with van der Waals surface area (Å²) in [6.45, 7) is -10.3. The molecule has 0 heterocycles. The van der Waals surface area contributed by atoms with Crippen LogP contribution >= 0.6 is 95.6 Å². The molecule has 0 aliphatic heterocycles. The number of carbonyl (C=O) groups is 6. The maximum atomic E-state index is 14.3. The molecule has 0 spiro atoms. The quantitative estimate of drug-likeness (QED) is 0.0414. The Hall–Kier alpha value is -2.38. The summed E-state index contributed by atoms with van der Waals surface area (Å²) in [5.74, 6) is -5.96. The molecule has 25 nitrogen and oxygen atoms in total. The van der Waals surface area contributed by atoms with E-state index in [9.17, 15) is 90.0 Å². The van der Waals surface area contributed by atoms with Crippen molar-refractivity contribution in [3.63, 3.8) is 0 Å². The van der Waals surface area contributed by atoms with E-state index in [-0.39, 0.29) is 60.5 Å².